The lowest BCUT2D eigenvalue weighted by Gasteiger charge is -2.12. The zero-order valence-electron chi connectivity index (χ0n) is 21.3. The van der Waals surface area contributed by atoms with Crippen molar-refractivity contribution in [2.24, 2.45) is 0 Å². The molecule has 1 aliphatic heterocycles. The minimum atomic E-state index is -0.743. The van der Waals surface area contributed by atoms with Gasteiger partial charge in [0.2, 0.25) is 6.79 Å². The molecule has 0 radical (unpaired) electrons. The van der Waals surface area contributed by atoms with Crippen LogP contribution in [0.25, 0.3) is 11.1 Å². The number of fused-ring (bicyclic) bond motifs is 1. The van der Waals surface area contributed by atoms with Crippen molar-refractivity contribution < 1.29 is 23.9 Å². The van der Waals surface area contributed by atoms with Crippen molar-refractivity contribution in [2.45, 2.75) is 64.0 Å². The summed E-state index contributed by atoms with van der Waals surface area (Å²) in [6.07, 6.45) is 8.32. The van der Waals surface area contributed by atoms with Gasteiger partial charge in [0.25, 0.3) is 0 Å². The Hall–Kier alpha value is -2.99. The van der Waals surface area contributed by atoms with Gasteiger partial charge in [0.15, 0.2) is 11.5 Å². The van der Waals surface area contributed by atoms with Gasteiger partial charge in [-0.1, -0.05) is 76.3 Å². The van der Waals surface area contributed by atoms with E-state index in [0.29, 0.717) is 6.79 Å². The van der Waals surface area contributed by atoms with Crippen LogP contribution < -0.4 is 9.47 Å². The van der Waals surface area contributed by atoms with Crippen LogP contribution in [0.3, 0.4) is 0 Å². The van der Waals surface area contributed by atoms with E-state index in [0.717, 1.165) is 41.2 Å². The third kappa shape index (κ3) is 8.90. The van der Waals surface area contributed by atoms with Crippen molar-refractivity contribution in [1.29, 1.82) is 0 Å². The quantitative estimate of drug-likeness (QED) is 0.266. The van der Waals surface area contributed by atoms with E-state index in [1.165, 1.54) is 37.7 Å². The van der Waals surface area contributed by atoms with Gasteiger partial charge in [0.1, 0.15) is 11.5 Å². The standard InChI is InChI=1S/C18H28O3S.C12H10O2/c1-3-4-5-6-7-8-11-22(19)15(2)12-16-9-10-17-18(13-16)21-14-20-17;13-11-5-1-9(2-6-11)10-3-7-12(14)8-4-10/h9-10,13,15H,3-8,11-12,14H2,1-2H3;1-8,13-14H. The molecule has 0 aromatic heterocycles. The number of phenols is 2. The zero-order chi connectivity index (χ0) is 25.8. The number of aromatic hydroxyl groups is 2. The average Bonchev–Trinajstić information content (AvgIpc) is 3.35. The maximum absolute atomic E-state index is 12.3. The summed E-state index contributed by atoms with van der Waals surface area (Å²) in [6.45, 7) is 4.61. The van der Waals surface area contributed by atoms with Crippen molar-refractivity contribution in [2.75, 3.05) is 12.5 Å². The fourth-order valence-corrected chi connectivity index (χ4v) is 5.30. The highest BCUT2D eigenvalue weighted by Gasteiger charge is 2.16. The monoisotopic (exact) mass is 510 g/mol. The molecular formula is C30H38O5S. The van der Waals surface area contributed by atoms with Crippen LogP contribution in [0.2, 0.25) is 0 Å². The molecule has 2 atom stereocenters. The molecule has 1 aliphatic rings. The summed E-state index contributed by atoms with van der Waals surface area (Å²) >= 11 is 0. The number of rotatable bonds is 11. The van der Waals surface area contributed by atoms with Gasteiger partial charge in [-0.15, -0.1) is 0 Å². The Labute approximate surface area is 217 Å². The molecule has 0 bridgehead atoms. The van der Waals surface area contributed by atoms with Crippen LogP contribution in [0, 0.1) is 0 Å². The highest BCUT2D eigenvalue weighted by atomic mass is 32.2. The van der Waals surface area contributed by atoms with Crippen LogP contribution in [0.15, 0.2) is 66.7 Å². The van der Waals surface area contributed by atoms with Crippen molar-refractivity contribution in [3.05, 3.63) is 72.3 Å². The zero-order valence-corrected chi connectivity index (χ0v) is 22.1. The van der Waals surface area contributed by atoms with Gasteiger partial charge in [0, 0.05) is 21.8 Å². The minimum Gasteiger partial charge on any atom is -0.508 e. The summed E-state index contributed by atoms with van der Waals surface area (Å²) in [5.41, 5.74) is 3.21. The van der Waals surface area contributed by atoms with Crippen LogP contribution in [0.5, 0.6) is 23.0 Å². The lowest BCUT2D eigenvalue weighted by atomic mass is 10.1. The first kappa shape index (κ1) is 27.6. The van der Waals surface area contributed by atoms with Gasteiger partial charge in [-0.3, -0.25) is 4.21 Å². The molecule has 1 heterocycles. The Morgan fingerprint density at radius 1 is 0.778 bits per heavy atom. The van der Waals surface area contributed by atoms with E-state index >= 15 is 0 Å². The molecule has 2 unspecified atom stereocenters. The summed E-state index contributed by atoms with van der Waals surface area (Å²) in [6, 6.07) is 19.9. The predicted octanol–water partition coefficient (Wildman–Crippen LogP) is 7.22. The first-order chi connectivity index (χ1) is 17.5. The molecule has 0 saturated heterocycles. The summed E-state index contributed by atoms with van der Waals surface area (Å²) < 4.78 is 23.0. The number of ether oxygens (including phenoxy) is 2. The molecule has 36 heavy (non-hydrogen) atoms. The van der Waals surface area contributed by atoms with E-state index in [4.69, 9.17) is 19.7 Å². The highest BCUT2D eigenvalue weighted by Crippen LogP contribution is 2.33. The maximum atomic E-state index is 12.3. The highest BCUT2D eigenvalue weighted by molar-refractivity contribution is 7.85. The Morgan fingerprint density at radius 2 is 1.33 bits per heavy atom. The Kier molecular flexibility index (Phi) is 11.1. The second-order valence-electron chi connectivity index (χ2n) is 9.15. The van der Waals surface area contributed by atoms with Crippen molar-refractivity contribution in [3.63, 3.8) is 0 Å². The van der Waals surface area contributed by atoms with Crippen molar-refractivity contribution in [3.8, 4) is 34.1 Å². The molecule has 0 fully saturated rings. The van der Waals surface area contributed by atoms with Crippen LogP contribution in [-0.2, 0) is 17.2 Å². The van der Waals surface area contributed by atoms with E-state index in [1.807, 2.05) is 42.5 Å². The predicted molar refractivity (Wildman–Crippen MR) is 147 cm³/mol. The van der Waals surface area contributed by atoms with Crippen molar-refractivity contribution in [1.82, 2.24) is 0 Å². The summed E-state index contributed by atoms with van der Waals surface area (Å²) in [7, 11) is -0.743. The molecule has 6 heteroatoms. The van der Waals surface area contributed by atoms with Crippen molar-refractivity contribution >= 4 is 10.8 Å². The first-order valence-corrected chi connectivity index (χ1v) is 14.2. The van der Waals surface area contributed by atoms with Gasteiger partial charge in [0.05, 0.1) is 0 Å². The fourth-order valence-electron chi connectivity index (χ4n) is 4.03. The van der Waals surface area contributed by atoms with Gasteiger partial charge in [-0.25, -0.2) is 0 Å². The molecule has 0 aliphatic carbocycles. The number of benzene rings is 3. The largest absolute Gasteiger partial charge is 0.508 e. The molecule has 4 rings (SSSR count). The summed E-state index contributed by atoms with van der Waals surface area (Å²) in [5, 5.41) is 18.4. The molecule has 3 aromatic rings. The molecule has 3 aromatic carbocycles. The molecule has 194 valence electrons. The third-order valence-corrected chi connectivity index (χ3v) is 7.93. The van der Waals surface area contributed by atoms with Gasteiger partial charge in [-0.05, 0) is 65.9 Å². The summed E-state index contributed by atoms with van der Waals surface area (Å²) in [5.74, 6) is 2.97. The van der Waals surface area contributed by atoms with Crippen LogP contribution in [0.1, 0.15) is 57.9 Å². The van der Waals surface area contributed by atoms with Crippen LogP contribution in [0.4, 0.5) is 0 Å². The first-order valence-electron chi connectivity index (χ1n) is 12.8. The second-order valence-corrected chi connectivity index (χ2v) is 11.1. The number of hydrogen-bond donors (Lipinski definition) is 2. The van der Waals surface area contributed by atoms with Gasteiger partial charge >= 0.3 is 0 Å². The fraction of sp³-hybridized carbons (Fsp3) is 0.400. The van der Waals surface area contributed by atoms with Gasteiger partial charge < -0.3 is 19.7 Å². The number of phenolic OH excluding ortho intramolecular Hbond substituents is 2. The topological polar surface area (TPSA) is 76.0 Å². The molecule has 5 nitrogen and oxygen atoms in total. The Bertz CT molecular complexity index is 1040. The SMILES string of the molecule is CCCCCCCCS(=O)C(C)Cc1ccc2c(c1)OCO2.Oc1ccc(-c2ccc(O)cc2)cc1. The van der Waals surface area contributed by atoms with E-state index in [9.17, 15) is 4.21 Å². The minimum absolute atomic E-state index is 0.191. The summed E-state index contributed by atoms with van der Waals surface area (Å²) in [4.78, 5) is 0. The maximum Gasteiger partial charge on any atom is 0.231 e. The lowest BCUT2D eigenvalue weighted by Crippen LogP contribution is -2.16. The van der Waals surface area contributed by atoms with E-state index in [2.05, 4.69) is 13.8 Å². The van der Waals surface area contributed by atoms with Crippen LogP contribution >= 0.6 is 0 Å². The second kappa shape index (κ2) is 14.5. The Balaban J connectivity index is 0.000000221. The van der Waals surface area contributed by atoms with Gasteiger partial charge in [-0.2, -0.15) is 0 Å². The van der Waals surface area contributed by atoms with E-state index < -0.39 is 10.8 Å². The normalized spacial score (nSPS) is 13.5. The smallest absolute Gasteiger partial charge is 0.231 e. The number of hydrogen-bond acceptors (Lipinski definition) is 5. The Morgan fingerprint density at radius 3 is 1.94 bits per heavy atom. The lowest BCUT2D eigenvalue weighted by molar-refractivity contribution is 0.174. The molecule has 2 N–H and O–H groups in total. The third-order valence-electron chi connectivity index (χ3n) is 6.18. The number of unbranched alkanes of at least 4 members (excludes halogenated alkanes) is 5. The molecule has 0 spiro atoms. The molecule has 0 amide bonds. The average molecular weight is 511 g/mol. The van der Waals surface area contributed by atoms with E-state index in [1.54, 1.807) is 24.3 Å². The molecular weight excluding hydrogens is 472 g/mol. The van der Waals surface area contributed by atoms with E-state index in [-0.39, 0.29) is 16.7 Å². The molecule has 0 saturated carbocycles. The van der Waals surface area contributed by atoms with Crippen LogP contribution in [-0.4, -0.2) is 32.2 Å².